The molecule has 0 spiro atoms. The number of hydrogen-bond acceptors (Lipinski definition) is 5. The molecular formula is C28H39N3O5S. The molecule has 1 fully saturated rings. The number of nitrogens with zero attached hydrogens (tertiary/aromatic N) is 2. The summed E-state index contributed by atoms with van der Waals surface area (Å²) in [7, 11) is -0.523. The highest BCUT2D eigenvalue weighted by Crippen LogP contribution is 2.21. The largest absolute Gasteiger partial charge is 0.497 e. The standard InChI is InChI=1S/C28H39N3O5S/c1-4-26(28(33)29-23-13-8-9-14-23)31(21-22-12-10-15-24(20-22)36-3)27(32)18-11-19-30(2)37(34,35)25-16-6-5-7-17-25/h5-7,10,12,15-17,20,23,26H,4,8-9,11,13-14,18-19,21H2,1-3H3,(H,29,33)/t26-/m0/s1. The van der Waals surface area contributed by atoms with Crippen LogP contribution in [0.1, 0.15) is 57.4 Å². The lowest BCUT2D eigenvalue weighted by molar-refractivity contribution is -0.141. The molecular weight excluding hydrogens is 490 g/mol. The van der Waals surface area contributed by atoms with Gasteiger partial charge in [0, 0.05) is 32.6 Å². The SMILES string of the molecule is CC[C@@H](C(=O)NC1CCCC1)N(Cc1cccc(OC)c1)C(=O)CCCN(C)S(=O)(=O)c1ccccc1. The van der Waals surface area contributed by atoms with Crippen LogP contribution < -0.4 is 10.1 Å². The number of methoxy groups -OCH3 is 1. The first kappa shape index (κ1) is 28.7. The van der Waals surface area contributed by atoms with E-state index >= 15 is 0 Å². The number of sulfonamides is 1. The molecule has 202 valence electrons. The van der Waals surface area contributed by atoms with E-state index in [0.29, 0.717) is 18.6 Å². The van der Waals surface area contributed by atoms with Crippen LogP contribution in [0, 0.1) is 0 Å². The van der Waals surface area contributed by atoms with Crippen LogP contribution in [0.25, 0.3) is 0 Å². The molecule has 0 aromatic heterocycles. The molecule has 0 bridgehead atoms. The van der Waals surface area contributed by atoms with E-state index in [1.165, 1.54) is 11.4 Å². The molecule has 0 unspecified atom stereocenters. The van der Waals surface area contributed by atoms with Gasteiger partial charge in [0.1, 0.15) is 11.8 Å². The molecule has 1 aliphatic carbocycles. The van der Waals surface area contributed by atoms with E-state index in [4.69, 9.17) is 4.74 Å². The van der Waals surface area contributed by atoms with Crippen molar-refractivity contribution in [2.75, 3.05) is 20.7 Å². The average molecular weight is 530 g/mol. The van der Waals surface area contributed by atoms with Crippen LogP contribution in [-0.2, 0) is 26.2 Å². The Balaban J connectivity index is 1.71. The van der Waals surface area contributed by atoms with Crippen LogP contribution in [0.15, 0.2) is 59.5 Å². The summed E-state index contributed by atoms with van der Waals surface area (Å²) in [5, 5.41) is 3.14. The summed E-state index contributed by atoms with van der Waals surface area (Å²) in [6, 6.07) is 15.3. The van der Waals surface area contributed by atoms with E-state index in [2.05, 4.69) is 5.32 Å². The van der Waals surface area contributed by atoms with Gasteiger partial charge in [0.25, 0.3) is 0 Å². The van der Waals surface area contributed by atoms with E-state index in [1.54, 1.807) is 42.3 Å². The van der Waals surface area contributed by atoms with Crippen LogP contribution in [0.2, 0.25) is 0 Å². The van der Waals surface area contributed by atoms with Gasteiger partial charge in [0.15, 0.2) is 0 Å². The van der Waals surface area contributed by atoms with Crippen molar-refractivity contribution in [3.63, 3.8) is 0 Å². The molecule has 2 amide bonds. The second kappa shape index (κ2) is 13.6. The van der Waals surface area contributed by atoms with Gasteiger partial charge >= 0.3 is 0 Å². The molecule has 0 saturated heterocycles. The predicted molar refractivity (Wildman–Crippen MR) is 144 cm³/mol. The normalized spacial score (nSPS) is 14.9. The summed E-state index contributed by atoms with van der Waals surface area (Å²) in [5.41, 5.74) is 0.864. The fraction of sp³-hybridized carbons (Fsp3) is 0.500. The van der Waals surface area contributed by atoms with E-state index in [1.807, 2.05) is 31.2 Å². The molecule has 0 heterocycles. The topological polar surface area (TPSA) is 96.0 Å². The van der Waals surface area contributed by atoms with Gasteiger partial charge in [0.2, 0.25) is 21.8 Å². The Hall–Kier alpha value is -2.91. The fourth-order valence-electron chi connectivity index (χ4n) is 4.74. The molecule has 1 atom stereocenters. The van der Waals surface area contributed by atoms with Crippen molar-refractivity contribution in [1.29, 1.82) is 0 Å². The zero-order chi connectivity index (χ0) is 26.8. The summed E-state index contributed by atoms with van der Waals surface area (Å²) in [4.78, 5) is 28.6. The van der Waals surface area contributed by atoms with Crippen LogP contribution in [0.5, 0.6) is 5.75 Å². The molecule has 9 heteroatoms. The number of benzene rings is 2. The lowest BCUT2D eigenvalue weighted by atomic mass is 10.1. The van der Waals surface area contributed by atoms with E-state index in [-0.39, 0.29) is 42.3 Å². The summed E-state index contributed by atoms with van der Waals surface area (Å²) in [6.07, 6.45) is 5.10. The highest BCUT2D eigenvalue weighted by Gasteiger charge is 2.30. The predicted octanol–water partition coefficient (Wildman–Crippen LogP) is 3.96. The summed E-state index contributed by atoms with van der Waals surface area (Å²) < 4.78 is 32.2. The minimum Gasteiger partial charge on any atom is -0.497 e. The van der Waals surface area contributed by atoms with Crippen LogP contribution in [0.3, 0.4) is 0 Å². The van der Waals surface area contributed by atoms with Gasteiger partial charge in [-0.05, 0) is 55.5 Å². The summed E-state index contributed by atoms with van der Waals surface area (Å²) in [5.74, 6) is 0.372. The Morgan fingerprint density at radius 2 is 1.78 bits per heavy atom. The zero-order valence-electron chi connectivity index (χ0n) is 22.1. The average Bonchev–Trinajstić information content (AvgIpc) is 3.42. The van der Waals surface area contributed by atoms with Gasteiger partial charge in [-0.25, -0.2) is 12.7 Å². The van der Waals surface area contributed by atoms with Gasteiger partial charge in [-0.1, -0.05) is 50.1 Å². The lowest BCUT2D eigenvalue weighted by Gasteiger charge is -2.32. The highest BCUT2D eigenvalue weighted by molar-refractivity contribution is 7.89. The number of rotatable bonds is 13. The van der Waals surface area contributed by atoms with Gasteiger partial charge < -0.3 is 15.0 Å². The lowest BCUT2D eigenvalue weighted by Crippen LogP contribution is -2.51. The van der Waals surface area contributed by atoms with E-state index in [0.717, 1.165) is 31.2 Å². The first-order valence-electron chi connectivity index (χ1n) is 13.0. The fourth-order valence-corrected chi connectivity index (χ4v) is 5.97. The maximum absolute atomic E-state index is 13.5. The van der Waals surface area contributed by atoms with Crippen molar-refractivity contribution in [3.8, 4) is 5.75 Å². The Labute approximate surface area is 221 Å². The molecule has 3 rings (SSSR count). The van der Waals surface area contributed by atoms with Crippen molar-refractivity contribution in [3.05, 3.63) is 60.2 Å². The Morgan fingerprint density at radius 1 is 1.08 bits per heavy atom. The molecule has 0 aliphatic heterocycles. The van der Waals surface area contributed by atoms with Crippen molar-refractivity contribution >= 4 is 21.8 Å². The number of ether oxygens (including phenoxy) is 1. The van der Waals surface area contributed by atoms with Crippen molar-refractivity contribution in [1.82, 2.24) is 14.5 Å². The molecule has 1 aliphatic rings. The van der Waals surface area contributed by atoms with Crippen LogP contribution in [0.4, 0.5) is 0 Å². The molecule has 37 heavy (non-hydrogen) atoms. The monoisotopic (exact) mass is 529 g/mol. The molecule has 1 saturated carbocycles. The quantitative estimate of drug-likeness (QED) is 0.424. The third-order valence-electron chi connectivity index (χ3n) is 6.89. The maximum Gasteiger partial charge on any atom is 0.243 e. The van der Waals surface area contributed by atoms with Crippen molar-refractivity contribution < 1.29 is 22.7 Å². The Bertz CT molecular complexity index is 1130. The molecule has 2 aromatic rings. The third kappa shape index (κ3) is 7.79. The number of carbonyl (C=O) groups is 2. The highest BCUT2D eigenvalue weighted by atomic mass is 32.2. The van der Waals surface area contributed by atoms with E-state index < -0.39 is 16.1 Å². The number of hydrogen-bond donors (Lipinski definition) is 1. The van der Waals surface area contributed by atoms with Crippen LogP contribution >= 0.6 is 0 Å². The molecule has 0 radical (unpaired) electrons. The first-order chi connectivity index (χ1) is 17.8. The molecule has 8 nitrogen and oxygen atoms in total. The summed E-state index contributed by atoms with van der Waals surface area (Å²) in [6.45, 7) is 2.37. The van der Waals surface area contributed by atoms with Gasteiger partial charge in [-0.3, -0.25) is 9.59 Å². The minimum atomic E-state index is -3.63. The van der Waals surface area contributed by atoms with E-state index in [9.17, 15) is 18.0 Å². The first-order valence-corrected chi connectivity index (χ1v) is 14.4. The van der Waals surface area contributed by atoms with Gasteiger partial charge in [0.05, 0.1) is 12.0 Å². The molecule has 2 aromatic carbocycles. The zero-order valence-corrected chi connectivity index (χ0v) is 22.9. The van der Waals surface area contributed by atoms with Crippen molar-refractivity contribution in [2.24, 2.45) is 0 Å². The second-order valence-corrected chi connectivity index (χ2v) is 11.6. The molecule has 1 N–H and O–H groups in total. The smallest absolute Gasteiger partial charge is 0.243 e. The maximum atomic E-state index is 13.5. The number of nitrogens with one attached hydrogen (secondary N) is 1. The summed E-state index contributed by atoms with van der Waals surface area (Å²) >= 11 is 0. The minimum absolute atomic E-state index is 0.130. The third-order valence-corrected chi connectivity index (χ3v) is 8.76. The number of amides is 2. The van der Waals surface area contributed by atoms with Crippen LogP contribution in [-0.4, -0.2) is 62.2 Å². The Kier molecular flexibility index (Phi) is 10.5. The second-order valence-electron chi connectivity index (χ2n) is 9.53. The van der Waals surface area contributed by atoms with Crippen molar-refractivity contribution in [2.45, 2.75) is 75.4 Å². The van der Waals surface area contributed by atoms with Gasteiger partial charge in [-0.15, -0.1) is 0 Å². The van der Waals surface area contributed by atoms with Gasteiger partial charge in [-0.2, -0.15) is 0 Å². The Morgan fingerprint density at radius 3 is 2.43 bits per heavy atom. The number of carbonyl (C=O) groups excluding carboxylic acids is 2.